The van der Waals surface area contributed by atoms with Gasteiger partial charge < -0.3 is 15.0 Å². The first kappa shape index (κ1) is 30.6. The molecule has 1 N–H and O–H groups in total. The van der Waals surface area contributed by atoms with E-state index in [0.29, 0.717) is 0 Å². The zero-order valence-corrected chi connectivity index (χ0v) is 23.7. The predicted molar refractivity (Wildman–Crippen MR) is 146 cm³/mol. The van der Waals surface area contributed by atoms with Gasteiger partial charge in [0.1, 0.15) is 24.0 Å². The number of methoxy groups -OCH3 is 1. The molecule has 0 spiro atoms. The lowest BCUT2D eigenvalue weighted by molar-refractivity contribution is -0.384. The third-order valence-electron chi connectivity index (χ3n) is 5.64. The number of nitrogens with one attached hydrogen (secondary N) is 1. The van der Waals surface area contributed by atoms with E-state index in [-0.39, 0.29) is 36.0 Å². The van der Waals surface area contributed by atoms with Crippen LogP contribution in [0, 0.1) is 17.0 Å². The molecular formula is C26H36N4O7S. The van der Waals surface area contributed by atoms with E-state index < -0.39 is 39.0 Å². The zero-order valence-electron chi connectivity index (χ0n) is 22.8. The average molecular weight is 549 g/mol. The maximum Gasteiger partial charge on any atom is 0.271 e. The largest absolute Gasteiger partial charge is 0.495 e. The fourth-order valence-corrected chi connectivity index (χ4v) is 4.81. The summed E-state index contributed by atoms with van der Waals surface area (Å²) in [6, 6.07) is 10.0. The Balaban J connectivity index is 2.58. The number of amides is 2. The Morgan fingerprint density at radius 2 is 1.82 bits per heavy atom. The van der Waals surface area contributed by atoms with Gasteiger partial charge in [-0.25, -0.2) is 8.42 Å². The van der Waals surface area contributed by atoms with E-state index in [0.717, 1.165) is 27.8 Å². The van der Waals surface area contributed by atoms with Gasteiger partial charge in [-0.1, -0.05) is 36.8 Å². The number of nitrogens with zero attached hydrogens (tertiary/aromatic N) is 3. The van der Waals surface area contributed by atoms with Gasteiger partial charge in [0.05, 0.1) is 18.3 Å². The van der Waals surface area contributed by atoms with E-state index in [4.69, 9.17) is 4.74 Å². The summed E-state index contributed by atoms with van der Waals surface area (Å²) in [5.41, 5.74) is 0.646. The Bertz CT molecular complexity index is 1290. The quantitative estimate of drug-likeness (QED) is 0.335. The number of aryl methyl sites for hydroxylation is 1. The Labute approximate surface area is 224 Å². The summed E-state index contributed by atoms with van der Waals surface area (Å²) in [6.07, 6.45) is 1.17. The maximum atomic E-state index is 13.8. The number of carbonyl (C=O) groups excluding carboxylic acids is 2. The molecular weight excluding hydrogens is 512 g/mol. The van der Waals surface area contributed by atoms with E-state index in [1.54, 1.807) is 6.92 Å². The predicted octanol–water partition coefficient (Wildman–Crippen LogP) is 3.40. The molecule has 0 aliphatic rings. The highest BCUT2D eigenvalue weighted by Crippen LogP contribution is 2.34. The number of hydrogen-bond acceptors (Lipinski definition) is 7. The van der Waals surface area contributed by atoms with Crippen molar-refractivity contribution in [2.45, 2.75) is 59.2 Å². The molecule has 208 valence electrons. The van der Waals surface area contributed by atoms with Crippen LogP contribution < -0.4 is 14.4 Å². The molecule has 0 saturated heterocycles. The van der Waals surface area contributed by atoms with Crippen molar-refractivity contribution in [1.82, 2.24) is 10.2 Å². The first-order valence-electron chi connectivity index (χ1n) is 12.0. The van der Waals surface area contributed by atoms with Crippen LogP contribution in [0.15, 0.2) is 42.5 Å². The monoisotopic (exact) mass is 548 g/mol. The van der Waals surface area contributed by atoms with Gasteiger partial charge in [-0.3, -0.25) is 24.0 Å². The second-order valence-corrected chi connectivity index (χ2v) is 12.0. The number of nitro groups is 1. The first-order chi connectivity index (χ1) is 17.6. The standard InChI is InChI=1S/C26H36N4O7S/c1-8-21(25(32)27-26(3,4)5)28(16-19-11-9-10-18(2)14-19)24(31)17-29(38(7,35)36)22-15-20(30(33)34)12-13-23(22)37-6/h9-15,21H,8,16-17H2,1-7H3,(H,27,32)/t21-/m1/s1. The first-order valence-corrected chi connectivity index (χ1v) is 13.9. The number of benzene rings is 2. The second kappa shape index (κ2) is 12.2. The van der Waals surface area contributed by atoms with Crippen LogP contribution in [-0.2, 0) is 26.2 Å². The SMILES string of the molecule is CC[C@H](C(=O)NC(C)(C)C)N(Cc1cccc(C)c1)C(=O)CN(c1cc([N+](=O)[O-])ccc1OC)S(C)(=O)=O. The summed E-state index contributed by atoms with van der Waals surface area (Å²) in [5, 5.41) is 14.3. The number of hydrogen-bond donors (Lipinski definition) is 1. The van der Waals surface area contributed by atoms with Crippen molar-refractivity contribution in [3.63, 3.8) is 0 Å². The molecule has 0 aliphatic heterocycles. The number of sulfonamides is 1. The number of rotatable bonds is 11. The third-order valence-corrected chi connectivity index (χ3v) is 6.77. The summed E-state index contributed by atoms with van der Waals surface area (Å²) in [7, 11) is -2.81. The number of carbonyl (C=O) groups is 2. The van der Waals surface area contributed by atoms with Gasteiger partial charge in [-0.2, -0.15) is 0 Å². The lowest BCUT2D eigenvalue weighted by atomic mass is 10.0. The molecule has 11 nitrogen and oxygen atoms in total. The van der Waals surface area contributed by atoms with Crippen LogP contribution in [0.4, 0.5) is 11.4 Å². The van der Waals surface area contributed by atoms with Crippen LogP contribution in [0.2, 0.25) is 0 Å². The number of nitro benzene ring substituents is 1. The Morgan fingerprint density at radius 3 is 2.32 bits per heavy atom. The highest BCUT2D eigenvalue weighted by Gasteiger charge is 2.34. The molecule has 0 fully saturated rings. The number of non-ortho nitro benzene ring substituents is 1. The van der Waals surface area contributed by atoms with Crippen LogP contribution in [0.3, 0.4) is 0 Å². The molecule has 0 radical (unpaired) electrons. The number of ether oxygens (including phenoxy) is 1. The minimum absolute atomic E-state index is 0.0385. The molecule has 0 heterocycles. The molecule has 2 amide bonds. The van der Waals surface area contributed by atoms with Crippen molar-refractivity contribution in [1.29, 1.82) is 0 Å². The van der Waals surface area contributed by atoms with Gasteiger partial charge in [0, 0.05) is 24.2 Å². The van der Waals surface area contributed by atoms with Gasteiger partial charge >= 0.3 is 0 Å². The van der Waals surface area contributed by atoms with Gasteiger partial charge in [-0.15, -0.1) is 0 Å². The second-order valence-electron chi connectivity index (χ2n) is 10.1. The van der Waals surface area contributed by atoms with E-state index in [2.05, 4.69) is 5.32 Å². The molecule has 38 heavy (non-hydrogen) atoms. The molecule has 0 saturated carbocycles. The zero-order chi connectivity index (χ0) is 28.8. The molecule has 2 aromatic rings. The van der Waals surface area contributed by atoms with Crippen LogP contribution in [-0.4, -0.2) is 61.5 Å². The van der Waals surface area contributed by atoms with Gasteiger partial charge in [-0.05, 0) is 45.7 Å². The summed E-state index contributed by atoms with van der Waals surface area (Å²) < 4.78 is 31.7. The summed E-state index contributed by atoms with van der Waals surface area (Å²) in [4.78, 5) is 39.1. The lowest BCUT2D eigenvalue weighted by Gasteiger charge is -2.34. The van der Waals surface area contributed by atoms with Crippen LogP contribution >= 0.6 is 0 Å². The molecule has 0 bridgehead atoms. The normalized spacial score (nSPS) is 12.4. The van der Waals surface area contributed by atoms with Crippen LogP contribution in [0.25, 0.3) is 0 Å². The molecule has 0 aromatic heterocycles. The van der Waals surface area contributed by atoms with Gasteiger partial charge in [0.15, 0.2) is 0 Å². The highest BCUT2D eigenvalue weighted by molar-refractivity contribution is 7.92. The summed E-state index contributed by atoms with van der Waals surface area (Å²) >= 11 is 0. The fourth-order valence-electron chi connectivity index (χ4n) is 3.96. The van der Waals surface area contributed by atoms with Gasteiger partial charge in [0.2, 0.25) is 21.8 Å². The van der Waals surface area contributed by atoms with E-state index >= 15 is 0 Å². The van der Waals surface area contributed by atoms with Crippen molar-refractivity contribution in [3.05, 3.63) is 63.7 Å². The van der Waals surface area contributed by atoms with E-state index in [1.807, 2.05) is 52.0 Å². The van der Waals surface area contributed by atoms with E-state index in [9.17, 15) is 28.1 Å². The molecule has 2 aromatic carbocycles. The Kier molecular flexibility index (Phi) is 9.85. The highest BCUT2D eigenvalue weighted by atomic mass is 32.2. The topological polar surface area (TPSA) is 139 Å². The molecule has 12 heteroatoms. The summed E-state index contributed by atoms with van der Waals surface area (Å²) in [5.74, 6) is -0.988. The lowest BCUT2D eigenvalue weighted by Crippen LogP contribution is -2.55. The van der Waals surface area contributed by atoms with Crippen molar-refractivity contribution < 1.29 is 27.7 Å². The molecule has 1 atom stereocenters. The van der Waals surface area contributed by atoms with Crippen molar-refractivity contribution in [3.8, 4) is 5.75 Å². The fraction of sp³-hybridized carbons (Fsp3) is 0.462. The molecule has 0 unspecified atom stereocenters. The van der Waals surface area contributed by atoms with Gasteiger partial charge in [0.25, 0.3) is 5.69 Å². The van der Waals surface area contributed by atoms with Crippen LogP contribution in [0.1, 0.15) is 45.2 Å². The number of anilines is 1. The minimum Gasteiger partial charge on any atom is -0.495 e. The minimum atomic E-state index is -4.10. The van der Waals surface area contributed by atoms with Crippen LogP contribution in [0.5, 0.6) is 5.75 Å². The van der Waals surface area contributed by atoms with Crippen molar-refractivity contribution in [2.24, 2.45) is 0 Å². The Hall–Kier alpha value is -3.67. The van der Waals surface area contributed by atoms with Crippen molar-refractivity contribution >= 4 is 33.2 Å². The molecule has 2 rings (SSSR count). The van der Waals surface area contributed by atoms with Crippen molar-refractivity contribution in [2.75, 3.05) is 24.2 Å². The summed E-state index contributed by atoms with van der Waals surface area (Å²) in [6.45, 7) is 8.50. The van der Waals surface area contributed by atoms with E-state index in [1.165, 1.54) is 24.1 Å². The third kappa shape index (κ3) is 8.17. The smallest absolute Gasteiger partial charge is 0.271 e. The average Bonchev–Trinajstić information content (AvgIpc) is 2.80. The maximum absolute atomic E-state index is 13.8. The molecule has 0 aliphatic carbocycles. The Morgan fingerprint density at radius 1 is 1.16 bits per heavy atom.